The number of ether oxygens (including phenoxy) is 2. The number of hydrogen-bond donors (Lipinski definition) is 0. The lowest BCUT2D eigenvalue weighted by atomic mass is 10.0. The van der Waals surface area contributed by atoms with Crippen LogP contribution in [0.1, 0.15) is 51.0 Å². The quantitative estimate of drug-likeness (QED) is 0.375. The van der Waals surface area contributed by atoms with E-state index in [9.17, 15) is 4.79 Å². The summed E-state index contributed by atoms with van der Waals surface area (Å²) in [6, 6.07) is 18.7. The third-order valence-electron chi connectivity index (χ3n) is 6.86. The summed E-state index contributed by atoms with van der Waals surface area (Å²) >= 11 is 0. The number of likely N-dealkylation sites (tertiary alicyclic amines) is 1. The Bertz CT molecular complexity index is 1440. The summed E-state index contributed by atoms with van der Waals surface area (Å²) < 4.78 is 13.9. The number of aromatic nitrogens is 4. The van der Waals surface area contributed by atoms with Crippen LogP contribution in [-0.2, 0) is 11.2 Å². The number of amides is 1. The summed E-state index contributed by atoms with van der Waals surface area (Å²) in [5.74, 6) is 1.61. The van der Waals surface area contributed by atoms with E-state index in [0.717, 1.165) is 47.5 Å². The fourth-order valence-electron chi connectivity index (χ4n) is 5.19. The van der Waals surface area contributed by atoms with E-state index >= 15 is 0 Å². The van der Waals surface area contributed by atoms with Crippen LogP contribution in [-0.4, -0.2) is 55.3 Å². The lowest BCUT2D eigenvalue weighted by molar-refractivity contribution is 0.0275. The van der Waals surface area contributed by atoms with Crippen molar-refractivity contribution in [2.45, 2.75) is 57.8 Å². The van der Waals surface area contributed by atoms with Gasteiger partial charge in [-0.05, 0) is 51.0 Å². The maximum absolute atomic E-state index is 12.4. The van der Waals surface area contributed by atoms with Crippen LogP contribution in [0.4, 0.5) is 4.79 Å². The summed E-state index contributed by atoms with van der Waals surface area (Å²) in [7, 11) is 0. The molecule has 0 N–H and O–H groups in total. The topological polar surface area (TPSA) is 82.4 Å². The molecule has 1 aromatic carbocycles. The number of benzene rings is 1. The standard InChI is InChI=1S/C29H31N5O3/c1-29(2,3)37-28(35)33-16-14-21(18-33)36-26-17-20(13-15-30-26)22-9-10-23-27(32-22)34-24(11-12-25(34)31-23)19-7-5-4-6-8-19/h4-10,13,15,17,21,24H,11-12,14,16,18H2,1-3H3/t21?,24-/m1/s1. The first-order valence-electron chi connectivity index (χ1n) is 12.9. The number of nitrogens with zero attached hydrogens (tertiary/aromatic N) is 5. The second-order valence-corrected chi connectivity index (χ2v) is 10.7. The average Bonchev–Trinajstić information content (AvgIpc) is 3.59. The Morgan fingerprint density at radius 1 is 1.03 bits per heavy atom. The van der Waals surface area contributed by atoms with Crippen LogP contribution < -0.4 is 4.74 Å². The van der Waals surface area contributed by atoms with Crippen molar-refractivity contribution in [3.05, 3.63) is 72.2 Å². The highest BCUT2D eigenvalue weighted by Gasteiger charge is 2.31. The van der Waals surface area contributed by atoms with E-state index in [0.29, 0.717) is 19.0 Å². The van der Waals surface area contributed by atoms with Gasteiger partial charge in [0.05, 0.1) is 18.3 Å². The molecule has 1 saturated heterocycles. The molecule has 2 atom stereocenters. The first-order valence-corrected chi connectivity index (χ1v) is 12.9. The van der Waals surface area contributed by atoms with Crippen LogP contribution in [0.15, 0.2) is 60.8 Å². The van der Waals surface area contributed by atoms with Gasteiger partial charge in [0.2, 0.25) is 5.88 Å². The van der Waals surface area contributed by atoms with Gasteiger partial charge in [-0.25, -0.2) is 19.7 Å². The SMILES string of the molecule is CC(C)(C)OC(=O)N1CCC(Oc2cc(-c3ccc4nc5n(c4n3)[C@@H](c3ccccc3)CC5)ccn2)C1. The van der Waals surface area contributed by atoms with Crippen LogP contribution in [0.2, 0.25) is 0 Å². The predicted molar refractivity (Wildman–Crippen MR) is 141 cm³/mol. The molecule has 0 radical (unpaired) electrons. The zero-order valence-electron chi connectivity index (χ0n) is 21.4. The van der Waals surface area contributed by atoms with Crippen molar-refractivity contribution in [1.82, 2.24) is 24.4 Å². The molecule has 2 aliphatic rings. The first kappa shape index (κ1) is 23.5. The van der Waals surface area contributed by atoms with Gasteiger partial charge in [-0.15, -0.1) is 0 Å². The summed E-state index contributed by atoms with van der Waals surface area (Å²) in [6.07, 6.45) is 4.02. The number of hydrogen-bond acceptors (Lipinski definition) is 6. The fourth-order valence-corrected chi connectivity index (χ4v) is 5.19. The van der Waals surface area contributed by atoms with E-state index in [1.165, 1.54) is 5.56 Å². The molecule has 0 aliphatic carbocycles. The fraction of sp³-hybridized carbons (Fsp3) is 0.379. The minimum absolute atomic E-state index is 0.129. The molecule has 6 rings (SSSR count). The number of carbonyl (C=O) groups excluding carboxylic acids is 1. The second kappa shape index (κ2) is 9.18. The summed E-state index contributed by atoms with van der Waals surface area (Å²) in [5, 5.41) is 0. The minimum Gasteiger partial charge on any atom is -0.472 e. The molecule has 1 amide bonds. The van der Waals surface area contributed by atoms with Gasteiger partial charge in [-0.1, -0.05) is 30.3 Å². The molecule has 1 unspecified atom stereocenters. The van der Waals surface area contributed by atoms with Crippen LogP contribution in [0.5, 0.6) is 5.88 Å². The highest BCUT2D eigenvalue weighted by molar-refractivity contribution is 5.77. The van der Waals surface area contributed by atoms with Crippen molar-refractivity contribution in [3.8, 4) is 17.1 Å². The Kier molecular flexibility index (Phi) is 5.82. The van der Waals surface area contributed by atoms with E-state index < -0.39 is 5.60 Å². The zero-order chi connectivity index (χ0) is 25.6. The average molecular weight is 498 g/mol. The number of aryl methyl sites for hydroxylation is 1. The summed E-state index contributed by atoms with van der Waals surface area (Å²) in [6.45, 7) is 6.70. The van der Waals surface area contributed by atoms with E-state index in [-0.39, 0.29) is 18.2 Å². The highest BCUT2D eigenvalue weighted by atomic mass is 16.6. The monoisotopic (exact) mass is 497 g/mol. The third kappa shape index (κ3) is 4.75. The van der Waals surface area contributed by atoms with Crippen molar-refractivity contribution in [2.24, 2.45) is 0 Å². The smallest absolute Gasteiger partial charge is 0.410 e. The number of rotatable bonds is 4. The largest absolute Gasteiger partial charge is 0.472 e. The molecule has 37 heavy (non-hydrogen) atoms. The summed E-state index contributed by atoms with van der Waals surface area (Å²) in [4.78, 5) is 28.4. The Labute approximate surface area is 216 Å². The van der Waals surface area contributed by atoms with Crippen molar-refractivity contribution in [2.75, 3.05) is 13.1 Å². The second-order valence-electron chi connectivity index (χ2n) is 10.7. The molecule has 3 aromatic heterocycles. The number of fused-ring (bicyclic) bond motifs is 3. The Morgan fingerprint density at radius 2 is 1.86 bits per heavy atom. The molecular weight excluding hydrogens is 466 g/mol. The Balaban J connectivity index is 1.22. The zero-order valence-corrected chi connectivity index (χ0v) is 21.4. The van der Waals surface area contributed by atoms with Gasteiger partial charge in [0.15, 0.2) is 5.65 Å². The van der Waals surface area contributed by atoms with Crippen LogP contribution >= 0.6 is 0 Å². The first-order chi connectivity index (χ1) is 17.8. The predicted octanol–water partition coefficient (Wildman–Crippen LogP) is 5.42. The highest BCUT2D eigenvalue weighted by Crippen LogP contribution is 2.35. The lowest BCUT2D eigenvalue weighted by Gasteiger charge is -2.24. The molecule has 8 heteroatoms. The maximum atomic E-state index is 12.4. The van der Waals surface area contributed by atoms with Crippen LogP contribution in [0, 0.1) is 0 Å². The normalized spacial score (nSPS) is 19.3. The van der Waals surface area contributed by atoms with Crippen LogP contribution in [0.3, 0.4) is 0 Å². The molecule has 1 fully saturated rings. The molecule has 4 aromatic rings. The number of carbonyl (C=O) groups is 1. The minimum atomic E-state index is -0.517. The van der Waals surface area contributed by atoms with Gasteiger partial charge in [0.25, 0.3) is 0 Å². The molecule has 0 bridgehead atoms. The van der Waals surface area contributed by atoms with Crippen molar-refractivity contribution < 1.29 is 14.3 Å². The molecule has 8 nitrogen and oxygen atoms in total. The van der Waals surface area contributed by atoms with Crippen molar-refractivity contribution >= 4 is 17.3 Å². The Morgan fingerprint density at radius 3 is 2.68 bits per heavy atom. The van der Waals surface area contributed by atoms with Crippen molar-refractivity contribution in [1.29, 1.82) is 0 Å². The maximum Gasteiger partial charge on any atom is 0.410 e. The Hall–Kier alpha value is -3.94. The van der Waals surface area contributed by atoms with Gasteiger partial charge < -0.3 is 18.9 Å². The molecule has 0 saturated carbocycles. The van der Waals surface area contributed by atoms with E-state index in [2.05, 4.69) is 33.8 Å². The number of imidazole rings is 1. The van der Waals surface area contributed by atoms with Crippen molar-refractivity contribution in [3.63, 3.8) is 0 Å². The van der Waals surface area contributed by atoms with E-state index in [1.54, 1.807) is 11.1 Å². The van der Waals surface area contributed by atoms with Gasteiger partial charge in [-0.3, -0.25) is 0 Å². The molecule has 5 heterocycles. The summed E-state index contributed by atoms with van der Waals surface area (Å²) in [5.41, 5.74) is 4.36. The van der Waals surface area contributed by atoms with E-state index in [4.69, 9.17) is 19.4 Å². The molecule has 2 aliphatic heterocycles. The number of pyridine rings is 2. The van der Waals surface area contributed by atoms with Crippen LogP contribution in [0.25, 0.3) is 22.4 Å². The molecular formula is C29H31N5O3. The lowest BCUT2D eigenvalue weighted by Crippen LogP contribution is -2.36. The van der Waals surface area contributed by atoms with Gasteiger partial charge in [-0.2, -0.15) is 0 Å². The van der Waals surface area contributed by atoms with Gasteiger partial charge in [0.1, 0.15) is 23.0 Å². The van der Waals surface area contributed by atoms with Gasteiger partial charge in [0, 0.05) is 37.2 Å². The van der Waals surface area contributed by atoms with E-state index in [1.807, 2.05) is 51.1 Å². The molecule has 0 spiro atoms. The molecule has 190 valence electrons. The third-order valence-corrected chi connectivity index (χ3v) is 6.86. The van der Waals surface area contributed by atoms with Gasteiger partial charge >= 0.3 is 6.09 Å².